The lowest BCUT2D eigenvalue weighted by atomic mass is 10.1. The number of benzene rings is 1. The number of rotatable bonds is 6. The van der Waals surface area contributed by atoms with Gasteiger partial charge in [-0.1, -0.05) is 6.07 Å². The zero-order valence-corrected chi connectivity index (χ0v) is 13.3. The lowest BCUT2D eigenvalue weighted by Gasteiger charge is -2.19. The SMILES string of the molecule is CCOc1ccc(/C=C/C(=O)N2CCCC2C(=O)O)cc1OC. The van der Waals surface area contributed by atoms with Crippen molar-refractivity contribution in [3.8, 4) is 11.5 Å². The first-order chi connectivity index (χ1) is 11.1. The summed E-state index contributed by atoms with van der Waals surface area (Å²) >= 11 is 0. The fourth-order valence-electron chi connectivity index (χ4n) is 2.61. The second kappa shape index (κ2) is 7.67. The minimum absolute atomic E-state index is 0.289. The highest BCUT2D eigenvalue weighted by Gasteiger charge is 2.32. The Bertz CT molecular complexity index is 611. The summed E-state index contributed by atoms with van der Waals surface area (Å²) in [5.74, 6) is -0.00951. The van der Waals surface area contributed by atoms with E-state index in [1.807, 2.05) is 13.0 Å². The monoisotopic (exact) mass is 319 g/mol. The Labute approximate surface area is 135 Å². The van der Waals surface area contributed by atoms with E-state index in [2.05, 4.69) is 0 Å². The maximum Gasteiger partial charge on any atom is 0.326 e. The Balaban J connectivity index is 2.10. The maximum atomic E-state index is 12.2. The topological polar surface area (TPSA) is 76.1 Å². The van der Waals surface area contributed by atoms with Gasteiger partial charge in [-0.3, -0.25) is 4.79 Å². The fraction of sp³-hybridized carbons (Fsp3) is 0.412. The number of hydrogen-bond acceptors (Lipinski definition) is 4. The van der Waals surface area contributed by atoms with Gasteiger partial charge < -0.3 is 19.5 Å². The molecule has 1 aromatic carbocycles. The van der Waals surface area contributed by atoms with Crippen molar-refractivity contribution in [2.24, 2.45) is 0 Å². The Morgan fingerprint density at radius 1 is 1.39 bits per heavy atom. The molecule has 1 amide bonds. The summed E-state index contributed by atoms with van der Waals surface area (Å²) in [5.41, 5.74) is 0.782. The van der Waals surface area contributed by atoms with Crippen molar-refractivity contribution in [3.63, 3.8) is 0 Å². The number of ether oxygens (including phenoxy) is 2. The maximum absolute atomic E-state index is 12.2. The van der Waals surface area contributed by atoms with Crippen molar-refractivity contribution in [2.75, 3.05) is 20.3 Å². The number of likely N-dealkylation sites (tertiary alicyclic amines) is 1. The van der Waals surface area contributed by atoms with Gasteiger partial charge >= 0.3 is 5.97 Å². The summed E-state index contributed by atoms with van der Waals surface area (Å²) in [6.07, 6.45) is 4.27. The molecular formula is C17H21NO5. The minimum Gasteiger partial charge on any atom is -0.493 e. The Kier molecular flexibility index (Phi) is 5.62. The molecule has 124 valence electrons. The van der Waals surface area contributed by atoms with Gasteiger partial charge in [0, 0.05) is 12.6 Å². The minimum atomic E-state index is -0.952. The zero-order valence-electron chi connectivity index (χ0n) is 13.3. The second-order valence-electron chi connectivity index (χ2n) is 5.20. The van der Waals surface area contributed by atoms with Crippen LogP contribution in [0.15, 0.2) is 24.3 Å². The summed E-state index contributed by atoms with van der Waals surface area (Å²) in [7, 11) is 1.55. The lowest BCUT2D eigenvalue weighted by Crippen LogP contribution is -2.39. The average Bonchev–Trinajstić information content (AvgIpc) is 3.03. The molecule has 1 atom stereocenters. The van der Waals surface area contributed by atoms with Crippen molar-refractivity contribution < 1.29 is 24.2 Å². The van der Waals surface area contributed by atoms with Gasteiger partial charge in [-0.2, -0.15) is 0 Å². The molecule has 1 saturated heterocycles. The van der Waals surface area contributed by atoms with Gasteiger partial charge in [-0.15, -0.1) is 0 Å². The molecule has 1 heterocycles. The van der Waals surface area contributed by atoms with Crippen LogP contribution in [0.3, 0.4) is 0 Å². The van der Waals surface area contributed by atoms with Crippen LogP contribution in [0.4, 0.5) is 0 Å². The van der Waals surface area contributed by atoms with Gasteiger partial charge in [-0.25, -0.2) is 4.79 Å². The van der Waals surface area contributed by atoms with Gasteiger partial charge in [0.1, 0.15) is 6.04 Å². The number of carboxylic acid groups (broad SMARTS) is 1. The van der Waals surface area contributed by atoms with Crippen molar-refractivity contribution in [3.05, 3.63) is 29.8 Å². The van der Waals surface area contributed by atoms with Crippen molar-refractivity contribution in [1.82, 2.24) is 4.90 Å². The molecule has 1 unspecified atom stereocenters. The number of aliphatic carboxylic acids is 1. The molecule has 0 bridgehead atoms. The number of nitrogens with zero attached hydrogens (tertiary/aromatic N) is 1. The van der Waals surface area contributed by atoms with Gasteiger partial charge in [0.25, 0.3) is 0 Å². The molecular weight excluding hydrogens is 298 g/mol. The molecule has 0 saturated carbocycles. The van der Waals surface area contributed by atoms with Crippen LogP contribution in [0.5, 0.6) is 11.5 Å². The third-order valence-corrected chi connectivity index (χ3v) is 3.73. The number of carbonyl (C=O) groups excluding carboxylic acids is 1. The van der Waals surface area contributed by atoms with Gasteiger partial charge in [0.05, 0.1) is 13.7 Å². The Morgan fingerprint density at radius 3 is 2.83 bits per heavy atom. The summed E-state index contributed by atoms with van der Waals surface area (Å²) in [6, 6.07) is 4.65. The van der Waals surface area contributed by atoms with E-state index in [0.29, 0.717) is 37.5 Å². The van der Waals surface area contributed by atoms with E-state index in [-0.39, 0.29) is 5.91 Å². The molecule has 23 heavy (non-hydrogen) atoms. The summed E-state index contributed by atoms with van der Waals surface area (Å²) < 4.78 is 10.7. The van der Waals surface area contributed by atoms with Crippen LogP contribution in [-0.2, 0) is 9.59 Å². The molecule has 0 aliphatic carbocycles. The molecule has 1 aliphatic rings. The predicted octanol–water partition coefficient (Wildman–Crippen LogP) is 2.18. The van der Waals surface area contributed by atoms with E-state index < -0.39 is 12.0 Å². The summed E-state index contributed by atoms with van der Waals surface area (Å²) in [4.78, 5) is 24.7. The van der Waals surface area contributed by atoms with Crippen LogP contribution in [0.1, 0.15) is 25.3 Å². The van der Waals surface area contributed by atoms with Crippen molar-refractivity contribution in [2.45, 2.75) is 25.8 Å². The molecule has 0 aromatic heterocycles. The second-order valence-corrected chi connectivity index (χ2v) is 5.20. The third-order valence-electron chi connectivity index (χ3n) is 3.73. The van der Waals surface area contributed by atoms with Crippen LogP contribution < -0.4 is 9.47 Å². The first-order valence-corrected chi connectivity index (χ1v) is 7.59. The molecule has 6 nitrogen and oxygen atoms in total. The largest absolute Gasteiger partial charge is 0.493 e. The molecule has 0 radical (unpaired) electrons. The highest BCUT2D eigenvalue weighted by Crippen LogP contribution is 2.28. The quantitative estimate of drug-likeness (QED) is 0.813. The first-order valence-electron chi connectivity index (χ1n) is 7.59. The molecule has 2 rings (SSSR count). The van der Waals surface area contributed by atoms with E-state index in [1.165, 1.54) is 11.0 Å². The molecule has 1 fully saturated rings. The lowest BCUT2D eigenvalue weighted by molar-refractivity contribution is -0.146. The van der Waals surface area contributed by atoms with Crippen LogP contribution in [0, 0.1) is 0 Å². The highest BCUT2D eigenvalue weighted by molar-refractivity contribution is 5.94. The van der Waals surface area contributed by atoms with Crippen molar-refractivity contribution in [1.29, 1.82) is 0 Å². The van der Waals surface area contributed by atoms with Crippen LogP contribution in [0.2, 0.25) is 0 Å². The molecule has 1 aliphatic heterocycles. The zero-order chi connectivity index (χ0) is 16.8. The Hall–Kier alpha value is -2.50. The molecule has 6 heteroatoms. The van der Waals surface area contributed by atoms with Gasteiger partial charge in [0.2, 0.25) is 5.91 Å². The summed E-state index contributed by atoms with van der Waals surface area (Å²) in [6.45, 7) is 2.91. The average molecular weight is 319 g/mol. The van der Waals surface area contributed by atoms with Crippen LogP contribution >= 0.6 is 0 Å². The fourth-order valence-corrected chi connectivity index (χ4v) is 2.61. The Morgan fingerprint density at radius 2 is 2.17 bits per heavy atom. The van der Waals surface area contributed by atoms with E-state index >= 15 is 0 Å². The molecule has 1 aromatic rings. The van der Waals surface area contributed by atoms with Crippen LogP contribution in [-0.4, -0.2) is 48.2 Å². The number of hydrogen-bond donors (Lipinski definition) is 1. The van der Waals surface area contributed by atoms with E-state index in [1.54, 1.807) is 25.3 Å². The normalized spacial score (nSPS) is 17.5. The standard InChI is InChI=1S/C17H21NO5/c1-3-23-14-8-6-12(11-15(14)22-2)7-9-16(19)18-10-4-5-13(18)17(20)21/h6-9,11,13H,3-5,10H2,1-2H3,(H,20,21)/b9-7+. The highest BCUT2D eigenvalue weighted by atomic mass is 16.5. The number of carboxylic acids is 1. The van der Waals surface area contributed by atoms with E-state index in [0.717, 1.165) is 5.56 Å². The van der Waals surface area contributed by atoms with Crippen molar-refractivity contribution >= 4 is 18.0 Å². The van der Waals surface area contributed by atoms with Gasteiger partial charge in [-0.05, 0) is 43.5 Å². The molecule has 1 N–H and O–H groups in total. The predicted molar refractivity (Wildman–Crippen MR) is 85.6 cm³/mol. The smallest absolute Gasteiger partial charge is 0.326 e. The first kappa shape index (κ1) is 16.9. The number of methoxy groups -OCH3 is 1. The van der Waals surface area contributed by atoms with E-state index in [4.69, 9.17) is 14.6 Å². The third kappa shape index (κ3) is 4.03. The van der Waals surface area contributed by atoms with Gasteiger partial charge in [0.15, 0.2) is 11.5 Å². The summed E-state index contributed by atoms with van der Waals surface area (Å²) in [5, 5.41) is 9.12. The van der Waals surface area contributed by atoms with Crippen LogP contribution in [0.25, 0.3) is 6.08 Å². The number of carbonyl (C=O) groups is 2. The number of amides is 1. The van der Waals surface area contributed by atoms with E-state index in [9.17, 15) is 9.59 Å². The molecule has 0 spiro atoms.